The standard InChI is InChI=1S/C27H27N5S/c1-18-29-30-24-15-28-26(25-22-9-6-10-23(22)33-27(25)32(18)24)21-13-11-20(12-14-21)17-31(2)16-19-7-4-3-5-8-19/h3-5,7-8,11-14H,6,9-10,15-17H2,1-2H3. The van der Waals surface area contributed by atoms with Crippen molar-refractivity contribution in [1.82, 2.24) is 19.7 Å². The van der Waals surface area contributed by atoms with Gasteiger partial charge in [0.25, 0.3) is 0 Å². The molecule has 0 saturated carbocycles. The lowest BCUT2D eigenvalue weighted by molar-refractivity contribution is 0.319. The fraction of sp³-hybridized carbons (Fsp3) is 0.296. The van der Waals surface area contributed by atoms with Crippen LogP contribution in [-0.2, 0) is 32.5 Å². The first kappa shape index (κ1) is 20.5. The second kappa shape index (κ2) is 8.36. The molecule has 0 bridgehead atoms. The van der Waals surface area contributed by atoms with Crippen LogP contribution in [0, 0.1) is 6.92 Å². The summed E-state index contributed by atoms with van der Waals surface area (Å²) in [6.07, 6.45) is 3.55. The van der Waals surface area contributed by atoms with Gasteiger partial charge in [0.1, 0.15) is 17.4 Å². The number of thiophene rings is 1. The van der Waals surface area contributed by atoms with Gasteiger partial charge in [-0.15, -0.1) is 21.5 Å². The van der Waals surface area contributed by atoms with Crippen molar-refractivity contribution in [2.75, 3.05) is 7.05 Å². The van der Waals surface area contributed by atoms with Crippen LogP contribution in [0.25, 0.3) is 5.00 Å². The minimum atomic E-state index is 0.563. The number of rotatable bonds is 5. The first-order valence-electron chi connectivity index (χ1n) is 11.6. The Morgan fingerprint density at radius 1 is 0.939 bits per heavy atom. The molecule has 0 saturated heterocycles. The molecule has 166 valence electrons. The summed E-state index contributed by atoms with van der Waals surface area (Å²) >= 11 is 1.91. The van der Waals surface area contributed by atoms with Crippen LogP contribution >= 0.6 is 11.3 Å². The summed E-state index contributed by atoms with van der Waals surface area (Å²) in [5.41, 5.74) is 7.75. The number of nitrogens with zero attached hydrogens (tertiary/aromatic N) is 5. The van der Waals surface area contributed by atoms with Crippen molar-refractivity contribution in [3.63, 3.8) is 0 Å². The third kappa shape index (κ3) is 3.73. The van der Waals surface area contributed by atoms with Gasteiger partial charge in [0.05, 0.1) is 5.71 Å². The molecule has 2 aromatic heterocycles. The number of benzene rings is 2. The summed E-state index contributed by atoms with van der Waals surface area (Å²) in [5, 5.41) is 10.00. The highest BCUT2D eigenvalue weighted by Gasteiger charge is 2.30. The van der Waals surface area contributed by atoms with Crippen LogP contribution in [0.15, 0.2) is 59.6 Å². The quantitative estimate of drug-likeness (QED) is 0.422. The third-order valence-corrected chi connectivity index (χ3v) is 7.87. The summed E-state index contributed by atoms with van der Waals surface area (Å²) < 4.78 is 2.22. The van der Waals surface area contributed by atoms with Gasteiger partial charge in [-0.3, -0.25) is 14.5 Å². The number of aromatic nitrogens is 3. The lowest BCUT2D eigenvalue weighted by Crippen LogP contribution is -2.17. The maximum atomic E-state index is 5.08. The first-order valence-corrected chi connectivity index (χ1v) is 12.4. The molecule has 4 aromatic rings. The second-order valence-corrected chi connectivity index (χ2v) is 10.1. The van der Waals surface area contributed by atoms with E-state index in [1.54, 1.807) is 0 Å². The fourth-order valence-electron chi connectivity index (χ4n) is 5.06. The van der Waals surface area contributed by atoms with Crippen molar-refractivity contribution in [1.29, 1.82) is 0 Å². The van der Waals surface area contributed by atoms with E-state index in [-0.39, 0.29) is 0 Å². The molecular weight excluding hydrogens is 426 g/mol. The number of fused-ring (bicyclic) bond motifs is 5. The van der Waals surface area contributed by atoms with E-state index in [0.29, 0.717) is 6.54 Å². The molecule has 3 heterocycles. The van der Waals surface area contributed by atoms with Gasteiger partial charge in [0, 0.05) is 29.1 Å². The molecule has 6 heteroatoms. The van der Waals surface area contributed by atoms with Crippen molar-refractivity contribution >= 4 is 17.0 Å². The molecule has 1 aliphatic carbocycles. The third-order valence-electron chi connectivity index (χ3n) is 6.59. The SMILES string of the molecule is Cc1nnc2n1-c1sc3c(c1C(c1ccc(CN(C)Cc4ccccc4)cc1)=NC2)CCC3. The van der Waals surface area contributed by atoms with E-state index < -0.39 is 0 Å². The maximum Gasteiger partial charge on any atom is 0.160 e. The molecule has 0 radical (unpaired) electrons. The average molecular weight is 454 g/mol. The molecule has 1 aliphatic heterocycles. The summed E-state index contributed by atoms with van der Waals surface area (Å²) in [6, 6.07) is 19.6. The zero-order chi connectivity index (χ0) is 22.4. The van der Waals surface area contributed by atoms with Gasteiger partial charge < -0.3 is 0 Å². The zero-order valence-corrected chi connectivity index (χ0v) is 19.9. The van der Waals surface area contributed by atoms with Gasteiger partial charge in [0.15, 0.2) is 5.82 Å². The van der Waals surface area contributed by atoms with Gasteiger partial charge in [0.2, 0.25) is 0 Å². The van der Waals surface area contributed by atoms with Crippen LogP contribution < -0.4 is 0 Å². The molecule has 5 nitrogen and oxygen atoms in total. The van der Waals surface area contributed by atoms with Crippen LogP contribution in [0.2, 0.25) is 0 Å². The lowest BCUT2D eigenvalue weighted by Gasteiger charge is -2.17. The highest BCUT2D eigenvalue weighted by Crippen LogP contribution is 2.41. The van der Waals surface area contributed by atoms with Gasteiger partial charge >= 0.3 is 0 Å². The van der Waals surface area contributed by atoms with Gasteiger partial charge in [-0.05, 0) is 49.9 Å². The molecule has 0 fully saturated rings. The minimum Gasteiger partial charge on any atom is -0.298 e. The van der Waals surface area contributed by atoms with E-state index in [1.807, 2.05) is 18.3 Å². The van der Waals surface area contributed by atoms with Crippen LogP contribution in [0.3, 0.4) is 0 Å². The van der Waals surface area contributed by atoms with E-state index in [9.17, 15) is 0 Å². The van der Waals surface area contributed by atoms with Crippen LogP contribution in [0.5, 0.6) is 0 Å². The Morgan fingerprint density at radius 3 is 2.48 bits per heavy atom. The monoisotopic (exact) mass is 453 g/mol. The molecule has 33 heavy (non-hydrogen) atoms. The Balaban J connectivity index is 1.30. The topological polar surface area (TPSA) is 46.3 Å². The Morgan fingerprint density at radius 2 is 1.70 bits per heavy atom. The van der Waals surface area contributed by atoms with E-state index in [4.69, 9.17) is 4.99 Å². The van der Waals surface area contributed by atoms with Gasteiger partial charge in [-0.2, -0.15) is 0 Å². The number of aryl methyl sites for hydroxylation is 2. The summed E-state index contributed by atoms with van der Waals surface area (Å²) in [5.74, 6) is 1.88. The number of hydrogen-bond donors (Lipinski definition) is 0. The average Bonchev–Trinajstić information content (AvgIpc) is 3.48. The van der Waals surface area contributed by atoms with Crippen molar-refractivity contribution < 1.29 is 0 Å². The molecule has 6 rings (SSSR count). The van der Waals surface area contributed by atoms with Gasteiger partial charge in [-0.1, -0.05) is 54.6 Å². The highest BCUT2D eigenvalue weighted by molar-refractivity contribution is 7.15. The van der Waals surface area contributed by atoms with Crippen LogP contribution in [0.4, 0.5) is 0 Å². The summed E-state index contributed by atoms with van der Waals surface area (Å²) in [4.78, 5) is 8.94. The molecule has 0 unspecified atom stereocenters. The van der Waals surface area contributed by atoms with E-state index in [2.05, 4.69) is 81.3 Å². The molecule has 0 N–H and O–H groups in total. The largest absolute Gasteiger partial charge is 0.298 e. The maximum absolute atomic E-state index is 5.08. The Labute approximate surface area is 198 Å². The Kier molecular flexibility index (Phi) is 5.19. The molecule has 0 spiro atoms. The van der Waals surface area contributed by atoms with E-state index >= 15 is 0 Å². The highest BCUT2D eigenvalue weighted by atomic mass is 32.1. The Hall–Kier alpha value is -3.09. The minimum absolute atomic E-state index is 0.563. The van der Waals surface area contributed by atoms with E-state index in [0.717, 1.165) is 36.9 Å². The molecule has 2 aliphatic rings. The predicted octanol–water partition coefficient (Wildman–Crippen LogP) is 5.11. The molecular formula is C27H27N5S. The zero-order valence-electron chi connectivity index (χ0n) is 19.1. The fourth-order valence-corrected chi connectivity index (χ4v) is 6.52. The van der Waals surface area contributed by atoms with Crippen molar-refractivity contribution in [2.24, 2.45) is 4.99 Å². The first-order chi connectivity index (χ1) is 16.2. The van der Waals surface area contributed by atoms with Crippen molar-refractivity contribution in [2.45, 2.75) is 45.8 Å². The second-order valence-electron chi connectivity index (χ2n) is 9.06. The number of hydrogen-bond acceptors (Lipinski definition) is 5. The number of aliphatic imine (C=N–C) groups is 1. The van der Waals surface area contributed by atoms with Crippen molar-refractivity contribution in [3.8, 4) is 5.00 Å². The molecule has 0 atom stereocenters. The van der Waals surface area contributed by atoms with E-state index in [1.165, 1.54) is 50.5 Å². The van der Waals surface area contributed by atoms with Crippen LogP contribution in [0.1, 0.15) is 50.8 Å². The lowest BCUT2D eigenvalue weighted by atomic mass is 9.98. The summed E-state index contributed by atoms with van der Waals surface area (Å²) in [7, 11) is 2.18. The molecule has 0 amide bonds. The molecule has 2 aromatic carbocycles. The van der Waals surface area contributed by atoms with Crippen molar-refractivity contribution in [3.05, 3.63) is 98.9 Å². The smallest absolute Gasteiger partial charge is 0.160 e. The Bertz CT molecular complexity index is 1330. The van der Waals surface area contributed by atoms with Gasteiger partial charge in [-0.25, -0.2) is 0 Å². The normalized spacial score (nSPS) is 14.6. The summed E-state index contributed by atoms with van der Waals surface area (Å²) in [6.45, 7) is 4.46. The predicted molar refractivity (Wildman–Crippen MR) is 133 cm³/mol. The van der Waals surface area contributed by atoms with Crippen LogP contribution in [-0.4, -0.2) is 32.4 Å².